The van der Waals surface area contributed by atoms with Gasteiger partial charge in [0, 0.05) is 0 Å². The van der Waals surface area contributed by atoms with Crippen LogP contribution in [-0.2, 0) is 9.47 Å². The zero-order valence-electron chi connectivity index (χ0n) is 12.0. The number of rotatable bonds is 3. The average Bonchev–Trinajstić information content (AvgIpc) is 3.27. The van der Waals surface area contributed by atoms with Crippen molar-refractivity contribution in [2.75, 3.05) is 0 Å². The number of ether oxygens (including phenoxy) is 2. The Balaban J connectivity index is 1.63. The second kappa shape index (κ2) is 5.89. The van der Waals surface area contributed by atoms with E-state index in [0.717, 1.165) is 18.8 Å². The van der Waals surface area contributed by atoms with Gasteiger partial charge in [-0.3, -0.25) is 0 Å². The Hall–Kier alpha value is -0.200. The van der Waals surface area contributed by atoms with E-state index >= 15 is 0 Å². The van der Waals surface area contributed by atoms with Crippen molar-refractivity contribution in [1.29, 1.82) is 0 Å². The van der Waals surface area contributed by atoms with Crippen LogP contribution in [-0.4, -0.2) is 52.1 Å². The van der Waals surface area contributed by atoms with Gasteiger partial charge in [-0.2, -0.15) is 0 Å². The second-order valence-electron chi connectivity index (χ2n) is 6.64. The van der Waals surface area contributed by atoms with Crippen molar-refractivity contribution in [3.05, 3.63) is 0 Å². The first-order valence-corrected chi connectivity index (χ1v) is 7.93. The van der Waals surface area contributed by atoms with E-state index in [2.05, 4.69) is 0 Å². The van der Waals surface area contributed by atoms with Crippen LogP contribution in [0, 0.1) is 11.8 Å². The monoisotopic (exact) mass is 286 g/mol. The van der Waals surface area contributed by atoms with Gasteiger partial charge in [-0.1, -0.05) is 12.8 Å². The molecule has 3 N–H and O–H groups in total. The molecule has 0 unspecified atom stereocenters. The van der Waals surface area contributed by atoms with Crippen LogP contribution >= 0.6 is 0 Å². The highest BCUT2D eigenvalue weighted by molar-refractivity contribution is 4.91. The van der Waals surface area contributed by atoms with Crippen LogP contribution in [0.25, 0.3) is 0 Å². The largest absolute Gasteiger partial charge is 0.388 e. The fraction of sp³-hybridized carbons (Fsp3) is 1.00. The first kappa shape index (κ1) is 14.7. The molecule has 116 valence electrons. The normalized spacial score (nSPS) is 50.1. The number of hydrogen-bond acceptors (Lipinski definition) is 5. The summed E-state index contributed by atoms with van der Waals surface area (Å²) in [7, 11) is 0. The molecule has 0 bridgehead atoms. The fourth-order valence-electron chi connectivity index (χ4n) is 3.66. The Bertz CT molecular complexity index is 332. The third-order valence-electron chi connectivity index (χ3n) is 5.10. The van der Waals surface area contributed by atoms with Crippen molar-refractivity contribution < 1.29 is 24.8 Å². The molecule has 0 aromatic rings. The summed E-state index contributed by atoms with van der Waals surface area (Å²) in [6, 6.07) is 0. The van der Waals surface area contributed by atoms with Crippen LogP contribution in [0.1, 0.15) is 45.4 Å². The van der Waals surface area contributed by atoms with E-state index in [9.17, 15) is 15.3 Å². The van der Waals surface area contributed by atoms with Crippen LogP contribution in [0.15, 0.2) is 0 Å². The second-order valence-corrected chi connectivity index (χ2v) is 6.64. The summed E-state index contributed by atoms with van der Waals surface area (Å²) in [5.41, 5.74) is 0. The highest BCUT2D eigenvalue weighted by Crippen LogP contribution is 2.45. The van der Waals surface area contributed by atoms with Crippen molar-refractivity contribution in [1.82, 2.24) is 0 Å². The predicted molar refractivity (Wildman–Crippen MR) is 71.9 cm³/mol. The lowest BCUT2D eigenvalue weighted by molar-refractivity contribution is -0.310. The minimum atomic E-state index is -1.20. The zero-order valence-corrected chi connectivity index (χ0v) is 12.0. The molecule has 1 saturated heterocycles. The van der Waals surface area contributed by atoms with E-state index in [-0.39, 0.29) is 6.10 Å². The molecule has 0 radical (unpaired) electrons. The van der Waals surface area contributed by atoms with E-state index in [1.54, 1.807) is 6.92 Å². The van der Waals surface area contributed by atoms with Crippen molar-refractivity contribution in [3.8, 4) is 0 Å². The third kappa shape index (κ3) is 2.88. The molecular weight excluding hydrogens is 260 g/mol. The van der Waals surface area contributed by atoms with Gasteiger partial charge in [-0.05, 0) is 44.4 Å². The Kier molecular flexibility index (Phi) is 4.34. The molecule has 2 aliphatic carbocycles. The summed E-state index contributed by atoms with van der Waals surface area (Å²) in [4.78, 5) is 0. The van der Waals surface area contributed by atoms with Crippen molar-refractivity contribution in [2.24, 2.45) is 11.8 Å². The van der Waals surface area contributed by atoms with Crippen molar-refractivity contribution in [3.63, 3.8) is 0 Å². The molecule has 0 aromatic carbocycles. The van der Waals surface area contributed by atoms with Gasteiger partial charge in [-0.25, -0.2) is 0 Å². The molecule has 5 heteroatoms. The first-order valence-electron chi connectivity index (χ1n) is 7.93. The molecule has 0 amide bonds. The van der Waals surface area contributed by atoms with Crippen LogP contribution in [0.4, 0.5) is 0 Å². The minimum Gasteiger partial charge on any atom is -0.388 e. The van der Waals surface area contributed by atoms with E-state index in [1.807, 2.05) is 0 Å². The maximum Gasteiger partial charge on any atom is 0.186 e. The Morgan fingerprint density at radius 1 is 0.900 bits per heavy atom. The lowest BCUT2D eigenvalue weighted by Crippen LogP contribution is -2.58. The maximum atomic E-state index is 10.0. The molecule has 3 fully saturated rings. The smallest absolute Gasteiger partial charge is 0.186 e. The van der Waals surface area contributed by atoms with Gasteiger partial charge in [-0.15, -0.1) is 0 Å². The van der Waals surface area contributed by atoms with Gasteiger partial charge < -0.3 is 24.8 Å². The lowest BCUT2D eigenvalue weighted by atomic mass is 9.83. The molecule has 1 heterocycles. The van der Waals surface area contributed by atoms with Gasteiger partial charge in [0.15, 0.2) is 6.29 Å². The lowest BCUT2D eigenvalue weighted by Gasteiger charge is -2.42. The third-order valence-corrected chi connectivity index (χ3v) is 5.10. The summed E-state index contributed by atoms with van der Waals surface area (Å²) >= 11 is 0. The molecule has 5 nitrogen and oxygen atoms in total. The SMILES string of the molecule is C[C@@H]1O[C@@H](O[C@@H]2CCCC[C@@H]2C2CC2)[C@@H](O)[C@H](O)[C@@H]1O. The summed E-state index contributed by atoms with van der Waals surface area (Å²) in [6.45, 7) is 1.69. The summed E-state index contributed by atoms with van der Waals surface area (Å²) in [6.07, 6.45) is 2.50. The van der Waals surface area contributed by atoms with Gasteiger partial charge in [0.2, 0.25) is 0 Å². The quantitative estimate of drug-likeness (QED) is 0.715. The van der Waals surface area contributed by atoms with Crippen molar-refractivity contribution in [2.45, 2.75) is 82.3 Å². The van der Waals surface area contributed by atoms with E-state index in [1.165, 1.54) is 25.7 Å². The van der Waals surface area contributed by atoms with E-state index < -0.39 is 30.7 Å². The van der Waals surface area contributed by atoms with Gasteiger partial charge >= 0.3 is 0 Å². The molecular formula is C15H26O5. The zero-order chi connectivity index (χ0) is 14.3. The molecule has 20 heavy (non-hydrogen) atoms. The standard InChI is InChI=1S/C15H26O5/c1-8-12(16)13(17)14(18)15(19-8)20-11-5-3-2-4-10(11)9-6-7-9/h8-18H,2-7H2,1H3/t8-,10+,11+,12+,13+,14-,15-/m0/s1. The minimum absolute atomic E-state index is 0.116. The molecule has 1 aliphatic heterocycles. The number of hydrogen-bond donors (Lipinski definition) is 3. The Labute approximate surface area is 119 Å². The van der Waals surface area contributed by atoms with Crippen LogP contribution < -0.4 is 0 Å². The molecule has 7 atom stereocenters. The maximum absolute atomic E-state index is 10.0. The average molecular weight is 286 g/mol. The molecule has 3 rings (SSSR count). The first-order chi connectivity index (χ1) is 9.58. The van der Waals surface area contributed by atoms with E-state index in [0.29, 0.717) is 5.92 Å². The van der Waals surface area contributed by atoms with Gasteiger partial charge in [0.05, 0.1) is 12.2 Å². The van der Waals surface area contributed by atoms with E-state index in [4.69, 9.17) is 9.47 Å². The van der Waals surface area contributed by atoms with Gasteiger partial charge in [0.25, 0.3) is 0 Å². The molecule has 0 aromatic heterocycles. The number of aliphatic hydroxyl groups excluding tert-OH is 3. The fourth-order valence-corrected chi connectivity index (χ4v) is 3.66. The van der Waals surface area contributed by atoms with Crippen LogP contribution in [0.2, 0.25) is 0 Å². The molecule has 3 aliphatic rings. The highest BCUT2D eigenvalue weighted by Gasteiger charge is 2.45. The predicted octanol–water partition coefficient (Wildman–Crippen LogP) is 0.799. The Morgan fingerprint density at radius 2 is 1.60 bits per heavy atom. The Morgan fingerprint density at radius 3 is 2.30 bits per heavy atom. The molecule has 2 saturated carbocycles. The summed E-state index contributed by atoms with van der Waals surface area (Å²) < 4.78 is 11.6. The number of aliphatic hydroxyl groups is 3. The highest BCUT2D eigenvalue weighted by atomic mass is 16.7. The van der Waals surface area contributed by atoms with Crippen LogP contribution in [0.3, 0.4) is 0 Å². The van der Waals surface area contributed by atoms with Crippen LogP contribution in [0.5, 0.6) is 0 Å². The topological polar surface area (TPSA) is 79.2 Å². The van der Waals surface area contributed by atoms with Gasteiger partial charge in [0.1, 0.15) is 18.3 Å². The van der Waals surface area contributed by atoms with Crippen molar-refractivity contribution >= 4 is 0 Å². The summed E-state index contributed by atoms with van der Waals surface area (Å²) in [5, 5.41) is 29.6. The summed E-state index contributed by atoms with van der Waals surface area (Å²) in [5.74, 6) is 1.34. The molecule has 0 spiro atoms.